The zero-order valence-corrected chi connectivity index (χ0v) is 10.6. The zero-order valence-electron chi connectivity index (χ0n) is 10.6. The molecule has 0 spiro atoms. The molecule has 1 atom stereocenters. The van der Waals surface area contributed by atoms with E-state index in [0.29, 0.717) is 12.3 Å². The van der Waals surface area contributed by atoms with Crippen LogP contribution in [-0.2, 0) is 9.59 Å². The first-order chi connectivity index (χ1) is 8.43. The highest BCUT2D eigenvalue weighted by Gasteiger charge is 2.30. The van der Waals surface area contributed by atoms with Gasteiger partial charge in [-0.15, -0.1) is 0 Å². The summed E-state index contributed by atoms with van der Waals surface area (Å²) in [6.07, 6.45) is 0.641. The zero-order chi connectivity index (χ0) is 13.7. The molecule has 7 nitrogen and oxygen atoms in total. The van der Waals surface area contributed by atoms with Crippen molar-refractivity contribution in [1.82, 2.24) is 15.5 Å². The number of carbonyl (C=O) groups excluding carboxylic acids is 3. The van der Waals surface area contributed by atoms with Gasteiger partial charge in [0.05, 0.1) is 19.2 Å². The van der Waals surface area contributed by atoms with Gasteiger partial charge in [-0.1, -0.05) is 13.8 Å². The standard InChI is InChI=1S/C11H19N3O4/c1-7(2)3-8(6-15)13-9(16)5-14-10(17)4-12-11(14)18/h7-8,15H,3-6H2,1-2H3,(H,12,18)(H,13,16). The van der Waals surface area contributed by atoms with E-state index in [4.69, 9.17) is 5.11 Å². The van der Waals surface area contributed by atoms with Crippen LogP contribution in [0.3, 0.4) is 0 Å². The summed E-state index contributed by atoms with van der Waals surface area (Å²) >= 11 is 0. The van der Waals surface area contributed by atoms with Crippen molar-refractivity contribution in [3.63, 3.8) is 0 Å². The number of aliphatic hydroxyl groups is 1. The van der Waals surface area contributed by atoms with Gasteiger partial charge in [0.2, 0.25) is 5.91 Å². The highest BCUT2D eigenvalue weighted by atomic mass is 16.3. The fourth-order valence-corrected chi connectivity index (χ4v) is 1.78. The topological polar surface area (TPSA) is 98.7 Å². The Balaban J connectivity index is 2.45. The van der Waals surface area contributed by atoms with Crippen molar-refractivity contribution in [2.45, 2.75) is 26.3 Å². The number of imide groups is 1. The van der Waals surface area contributed by atoms with Crippen molar-refractivity contribution in [3.8, 4) is 0 Å². The van der Waals surface area contributed by atoms with Gasteiger partial charge in [-0.2, -0.15) is 0 Å². The van der Waals surface area contributed by atoms with Gasteiger partial charge in [-0.05, 0) is 12.3 Å². The van der Waals surface area contributed by atoms with Crippen LogP contribution >= 0.6 is 0 Å². The van der Waals surface area contributed by atoms with Crippen molar-refractivity contribution in [2.75, 3.05) is 19.7 Å². The average Bonchev–Trinajstić information content (AvgIpc) is 2.59. The Labute approximate surface area is 106 Å². The Bertz CT molecular complexity index is 327. The lowest BCUT2D eigenvalue weighted by Crippen LogP contribution is -2.45. The molecule has 0 radical (unpaired) electrons. The third-order valence-corrected chi connectivity index (χ3v) is 2.58. The third kappa shape index (κ3) is 3.99. The van der Waals surface area contributed by atoms with Crippen LogP contribution in [0.15, 0.2) is 0 Å². The molecule has 1 unspecified atom stereocenters. The lowest BCUT2D eigenvalue weighted by atomic mass is 10.0. The maximum absolute atomic E-state index is 11.6. The molecule has 102 valence electrons. The van der Waals surface area contributed by atoms with E-state index in [0.717, 1.165) is 4.90 Å². The summed E-state index contributed by atoms with van der Waals surface area (Å²) in [5.41, 5.74) is 0. The predicted molar refractivity (Wildman–Crippen MR) is 63.6 cm³/mol. The summed E-state index contributed by atoms with van der Waals surface area (Å²) in [4.78, 5) is 35.0. The minimum absolute atomic E-state index is 0.0679. The molecule has 4 amide bonds. The molecule has 1 fully saturated rings. The fraction of sp³-hybridized carbons (Fsp3) is 0.727. The molecule has 0 aliphatic carbocycles. The molecule has 1 aliphatic heterocycles. The second-order valence-electron chi connectivity index (χ2n) is 4.72. The quantitative estimate of drug-likeness (QED) is 0.535. The van der Waals surface area contributed by atoms with E-state index in [-0.39, 0.29) is 25.7 Å². The van der Waals surface area contributed by atoms with Crippen LogP contribution in [-0.4, -0.2) is 53.6 Å². The summed E-state index contributed by atoms with van der Waals surface area (Å²) in [6.45, 7) is 3.42. The van der Waals surface area contributed by atoms with E-state index in [1.807, 2.05) is 13.8 Å². The van der Waals surface area contributed by atoms with Gasteiger partial charge in [-0.3, -0.25) is 14.5 Å². The van der Waals surface area contributed by atoms with Gasteiger partial charge < -0.3 is 15.7 Å². The largest absolute Gasteiger partial charge is 0.394 e. The highest BCUT2D eigenvalue weighted by molar-refractivity contribution is 6.04. The number of nitrogens with one attached hydrogen (secondary N) is 2. The summed E-state index contributed by atoms with van der Waals surface area (Å²) in [6, 6.07) is -0.905. The van der Waals surface area contributed by atoms with Crippen LogP contribution in [0.2, 0.25) is 0 Å². The van der Waals surface area contributed by atoms with Crippen molar-refractivity contribution in [3.05, 3.63) is 0 Å². The van der Waals surface area contributed by atoms with Crippen LogP contribution in [0.5, 0.6) is 0 Å². The predicted octanol–water partition coefficient (Wildman–Crippen LogP) is -0.939. The van der Waals surface area contributed by atoms with E-state index in [1.54, 1.807) is 0 Å². The smallest absolute Gasteiger partial charge is 0.325 e. The monoisotopic (exact) mass is 257 g/mol. The van der Waals surface area contributed by atoms with Gasteiger partial charge >= 0.3 is 6.03 Å². The molecule has 3 N–H and O–H groups in total. The maximum atomic E-state index is 11.6. The van der Waals surface area contributed by atoms with Crippen LogP contribution in [0, 0.1) is 5.92 Å². The molecule has 0 aromatic rings. The fourth-order valence-electron chi connectivity index (χ4n) is 1.78. The second kappa shape index (κ2) is 6.34. The summed E-state index contributed by atoms with van der Waals surface area (Å²) in [5.74, 6) is -0.529. The van der Waals surface area contributed by atoms with Crippen molar-refractivity contribution in [2.24, 2.45) is 5.92 Å². The number of aliphatic hydroxyl groups excluding tert-OH is 1. The first-order valence-corrected chi connectivity index (χ1v) is 5.92. The molecule has 1 heterocycles. The van der Waals surface area contributed by atoms with Crippen molar-refractivity contribution >= 4 is 17.8 Å². The molecule has 1 rings (SSSR count). The van der Waals surface area contributed by atoms with E-state index < -0.39 is 17.8 Å². The number of hydrogen-bond acceptors (Lipinski definition) is 4. The minimum atomic E-state index is -0.556. The Kier molecular flexibility index (Phi) is 5.08. The van der Waals surface area contributed by atoms with Gasteiger partial charge in [0.25, 0.3) is 5.91 Å². The SMILES string of the molecule is CC(C)CC(CO)NC(=O)CN1C(=O)CNC1=O. The number of nitrogens with zero attached hydrogens (tertiary/aromatic N) is 1. The van der Waals surface area contributed by atoms with Gasteiger partial charge in [-0.25, -0.2) is 4.79 Å². The van der Waals surface area contributed by atoms with Crippen molar-refractivity contribution in [1.29, 1.82) is 0 Å². The molecule has 0 bridgehead atoms. The Morgan fingerprint density at radius 3 is 2.61 bits per heavy atom. The number of urea groups is 1. The molecule has 7 heteroatoms. The minimum Gasteiger partial charge on any atom is -0.394 e. The van der Waals surface area contributed by atoms with Crippen LogP contribution in [0.4, 0.5) is 4.79 Å². The number of amides is 4. The molecule has 1 saturated heterocycles. The van der Waals surface area contributed by atoms with Crippen LogP contribution in [0.25, 0.3) is 0 Å². The Morgan fingerprint density at radius 2 is 2.17 bits per heavy atom. The van der Waals surface area contributed by atoms with Crippen molar-refractivity contribution < 1.29 is 19.5 Å². The third-order valence-electron chi connectivity index (χ3n) is 2.58. The highest BCUT2D eigenvalue weighted by Crippen LogP contribution is 2.04. The lowest BCUT2D eigenvalue weighted by Gasteiger charge is -2.19. The molecule has 18 heavy (non-hydrogen) atoms. The Hall–Kier alpha value is -1.63. The number of carbonyl (C=O) groups is 3. The summed E-state index contributed by atoms with van der Waals surface area (Å²) < 4.78 is 0. The second-order valence-corrected chi connectivity index (χ2v) is 4.72. The number of hydrogen-bond donors (Lipinski definition) is 3. The average molecular weight is 257 g/mol. The van der Waals surface area contributed by atoms with E-state index in [1.165, 1.54) is 0 Å². The molecule has 1 aliphatic rings. The molecular weight excluding hydrogens is 238 g/mol. The summed E-state index contributed by atoms with van der Waals surface area (Å²) in [5, 5.41) is 14.0. The van der Waals surface area contributed by atoms with E-state index in [2.05, 4.69) is 10.6 Å². The molecular formula is C11H19N3O4. The van der Waals surface area contributed by atoms with Gasteiger partial charge in [0.1, 0.15) is 6.54 Å². The molecule has 0 saturated carbocycles. The van der Waals surface area contributed by atoms with E-state index >= 15 is 0 Å². The maximum Gasteiger partial charge on any atom is 0.325 e. The lowest BCUT2D eigenvalue weighted by molar-refractivity contribution is -0.131. The molecule has 0 aromatic carbocycles. The number of rotatable bonds is 6. The van der Waals surface area contributed by atoms with E-state index in [9.17, 15) is 14.4 Å². The Morgan fingerprint density at radius 1 is 1.50 bits per heavy atom. The van der Waals surface area contributed by atoms with Gasteiger partial charge in [0.15, 0.2) is 0 Å². The van der Waals surface area contributed by atoms with Crippen LogP contribution in [0.1, 0.15) is 20.3 Å². The van der Waals surface area contributed by atoms with Crippen LogP contribution < -0.4 is 10.6 Å². The first-order valence-electron chi connectivity index (χ1n) is 5.92. The normalized spacial score (nSPS) is 17.0. The van der Waals surface area contributed by atoms with Gasteiger partial charge in [0, 0.05) is 0 Å². The molecule has 0 aromatic heterocycles. The summed E-state index contributed by atoms with van der Waals surface area (Å²) in [7, 11) is 0. The first kappa shape index (κ1) is 14.4.